The van der Waals surface area contributed by atoms with Crippen molar-refractivity contribution in [1.82, 2.24) is 10.3 Å². The number of carboxylic acid groups (broad SMARTS) is 1. The molecule has 0 spiro atoms. The zero-order valence-corrected chi connectivity index (χ0v) is 9.63. The van der Waals surface area contributed by atoms with Crippen molar-refractivity contribution in [2.24, 2.45) is 0 Å². The fourth-order valence-electron chi connectivity index (χ4n) is 1.06. The zero-order chi connectivity index (χ0) is 12.0. The number of carbonyl (C=O) groups is 2. The van der Waals surface area contributed by atoms with Gasteiger partial charge in [0.15, 0.2) is 5.13 Å². The number of aliphatic carboxylic acids is 1. The van der Waals surface area contributed by atoms with Gasteiger partial charge in [0.1, 0.15) is 0 Å². The number of aryl methyl sites for hydroxylation is 1. The van der Waals surface area contributed by atoms with Crippen LogP contribution < -0.4 is 10.6 Å². The first-order valence-corrected chi connectivity index (χ1v) is 5.64. The van der Waals surface area contributed by atoms with Gasteiger partial charge in [0.2, 0.25) is 0 Å². The number of rotatable bonds is 5. The number of hydrogen-bond donors (Lipinski definition) is 3. The van der Waals surface area contributed by atoms with E-state index >= 15 is 0 Å². The molecule has 0 unspecified atom stereocenters. The molecule has 0 fully saturated rings. The molecule has 0 radical (unpaired) electrons. The van der Waals surface area contributed by atoms with Gasteiger partial charge in [-0.1, -0.05) is 0 Å². The average molecular weight is 243 g/mol. The van der Waals surface area contributed by atoms with Crippen molar-refractivity contribution in [3.63, 3.8) is 0 Å². The number of amides is 2. The number of hydrogen-bond acceptors (Lipinski definition) is 4. The Morgan fingerprint density at radius 2 is 2.31 bits per heavy atom. The molecule has 1 rings (SSSR count). The molecule has 0 saturated carbocycles. The highest BCUT2D eigenvalue weighted by atomic mass is 32.1. The lowest BCUT2D eigenvalue weighted by molar-refractivity contribution is -0.137. The van der Waals surface area contributed by atoms with Gasteiger partial charge in [0.05, 0.1) is 5.69 Å². The van der Waals surface area contributed by atoms with Gasteiger partial charge in [0, 0.05) is 18.8 Å². The van der Waals surface area contributed by atoms with Crippen LogP contribution in [0.2, 0.25) is 0 Å². The number of carbonyl (C=O) groups excluding carboxylic acids is 1. The molecule has 0 atom stereocenters. The van der Waals surface area contributed by atoms with Crippen molar-refractivity contribution in [2.75, 3.05) is 12.4 Å². The van der Waals surface area contributed by atoms with E-state index in [1.807, 2.05) is 5.38 Å². The predicted molar refractivity (Wildman–Crippen MR) is 60.8 cm³/mol. The minimum atomic E-state index is -0.807. The van der Waals surface area contributed by atoms with Crippen molar-refractivity contribution in [3.8, 4) is 0 Å². The van der Waals surface area contributed by atoms with Crippen LogP contribution in [0.3, 0.4) is 0 Å². The number of nitrogens with zero attached hydrogens (tertiary/aromatic N) is 1. The SMILES string of the molecule is CNC(=O)Nc1nc(CCCC(=O)O)cs1. The Morgan fingerprint density at radius 1 is 1.56 bits per heavy atom. The van der Waals surface area contributed by atoms with E-state index in [4.69, 9.17) is 5.11 Å². The number of aromatic nitrogens is 1. The van der Waals surface area contributed by atoms with Gasteiger partial charge in [-0.3, -0.25) is 10.1 Å². The smallest absolute Gasteiger partial charge is 0.320 e. The summed E-state index contributed by atoms with van der Waals surface area (Å²) < 4.78 is 0. The molecule has 88 valence electrons. The Kier molecular flexibility index (Phi) is 4.71. The molecule has 0 aromatic carbocycles. The van der Waals surface area contributed by atoms with Crippen LogP contribution in [0.4, 0.5) is 9.93 Å². The summed E-state index contributed by atoms with van der Waals surface area (Å²) in [5.74, 6) is -0.807. The molecule has 2 amide bonds. The third-order valence-corrected chi connectivity index (χ3v) is 2.63. The van der Waals surface area contributed by atoms with E-state index in [2.05, 4.69) is 15.6 Å². The van der Waals surface area contributed by atoms with Crippen LogP contribution >= 0.6 is 11.3 Å². The topological polar surface area (TPSA) is 91.3 Å². The van der Waals surface area contributed by atoms with E-state index in [1.54, 1.807) is 0 Å². The maximum absolute atomic E-state index is 11.0. The quantitative estimate of drug-likeness (QED) is 0.727. The molecule has 7 heteroatoms. The summed E-state index contributed by atoms with van der Waals surface area (Å²) in [6.45, 7) is 0. The highest BCUT2D eigenvalue weighted by molar-refractivity contribution is 7.13. The summed E-state index contributed by atoms with van der Waals surface area (Å²) >= 11 is 1.32. The number of thiazole rings is 1. The molecule has 0 aliphatic heterocycles. The number of urea groups is 1. The van der Waals surface area contributed by atoms with Gasteiger partial charge in [-0.15, -0.1) is 11.3 Å². The van der Waals surface area contributed by atoms with Crippen LogP contribution in [0.5, 0.6) is 0 Å². The van der Waals surface area contributed by atoms with E-state index in [9.17, 15) is 9.59 Å². The maximum atomic E-state index is 11.0. The first-order valence-electron chi connectivity index (χ1n) is 4.76. The first-order chi connectivity index (χ1) is 7.61. The largest absolute Gasteiger partial charge is 0.481 e. The summed E-state index contributed by atoms with van der Waals surface area (Å²) in [6, 6.07) is -0.313. The van der Waals surface area contributed by atoms with Crippen LogP contribution in [0, 0.1) is 0 Å². The minimum Gasteiger partial charge on any atom is -0.481 e. The first kappa shape index (κ1) is 12.4. The van der Waals surface area contributed by atoms with Crippen LogP contribution in [-0.2, 0) is 11.2 Å². The molecular formula is C9H13N3O3S. The van der Waals surface area contributed by atoms with Gasteiger partial charge in [-0.2, -0.15) is 0 Å². The second-order valence-corrected chi connectivity index (χ2v) is 3.95. The molecule has 0 bridgehead atoms. The Hall–Kier alpha value is -1.63. The third-order valence-electron chi connectivity index (χ3n) is 1.82. The second kappa shape index (κ2) is 6.06. The molecule has 0 saturated heterocycles. The molecule has 1 aromatic rings. The van der Waals surface area contributed by atoms with Crippen LogP contribution in [0.25, 0.3) is 0 Å². The number of nitrogens with one attached hydrogen (secondary N) is 2. The Morgan fingerprint density at radius 3 is 2.94 bits per heavy atom. The standard InChI is InChI=1S/C9H13N3O3S/c1-10-8(15)12-9-11-6(5-16-9)3-2-4-7(13)14/h5H,2-4H2,1H3,(H,13,14)(H2,10,11,12,15). The Bertz CT molecular complexity index is 378. The van der Waals surface area contributed by atoms with Gasteiger partial charge in [-0.05, 0) is 12.8 Å². The van der Waals surface area contributed by atoms with Gasteiger partial charge in [0.25, 0.3) is 0 Å². The molecule has 0 aliphatic carbocycles. The van der Waals surface area contributed by atoms with Crippen molar-refractivity contribution in [1.29, 1.82) is 0 Å². The van der Waals surface area contributed by atoms with Crippen LogP contribution in [0.1, 0.15) is 18.5 Å². The molecule has 6 nitrogen and oxygen atoms in total. The molecule has 1 aromatic heterocycles. The summed E-state index contributed by atoms with van der Waals surface area (Å²) in [5, 5.41) is 15.8. The Labute approximate surface area is 96.7 Å². The van der Waals surface area contributed by atoms with E-state index in [0.29, 0.717) is 18.0 Å². The second-order valence-electron chi connectivity index (χ2n) is 3.10. The van der Waals surface area contributed by atoms with Crippen molar-refractivity contribution in [3.05, 3.63) is 11.1 Å². The molecule has 3 N–H and O–H groups in total. The fourth-order valence-corrected chi connectivity index (χ4v) is 1.80. The fraction of sp³-hybridized carbons (Fsp3) is 0.444. The summed E-state index contributed by atoms with van der Waals surface area (Å²) in [4.78, 5) is 25.4. The highest BCUT2D eigenvalue weighted by Gasteiger charge is 2.05. The third kappa shape index (κ3) is 4.26. The molecule has 16 heavy (non-hydrogen) atoms. The van der Waals surface area contributed by atoms with E-state index < -0.39 is 5.97 Å². The van der Waals surface area contributed by atoms with Crippen molar-refractivity contribution >= 4 is 28.5 Å². The van der Waals surface area contributed by atoms with Crippen molar-refractivity contribution < 1.29 is 14.7 Å². The lowest BCUT2D eigenvalue weighted by Gasteiger charge is -1.98. The highest BCUT2D eigenvalue weighted by Crippen LogP contribution is 2.16. The van der Waals surface area contributed by atoms with E-state index in [1.165, 1.54) is 18.4 Å². The number of carboxylic acids is 1. The monoisotopic (exact) mass is 243 g/mol. The van der Waals surface area contributed by atoms with Gasteiger partial charge >= 0.3 is 12.0 Å². The van der Waals surface area contributed by atoms with E-state index in [0.717, 1.165) is 5.69 Å². The summed E-state index contributed by atoms with van der Waals surface area (Å²) in [7, 11) is 1.52. The van der Waals surface area contributed by atoms with Gasteiger partial charge < -0.3 is 10.4 Å². The Balaban J connectivity index is 2.39. The van der Waals surface area contributed by atoms with Crippen LogP contribution in [-0.4, -0.2) is 29.1 Å². The molecule has 1 heterocycles. The van der Waals surface area contributed by atoms with Crippen LogP contribution in [0.15, 0.2) is 5.38 Å². The van der Waals surface area contributed by atoms with E-state index in [-0.39, 0.29) is 12.5 Å². The summed E-state index contributed by atoms with van der Waals surface area (Å²) in [5.41, 5.74) is 0.803. The van der Waals surface area contributed by atoms with Gasteiger partial charge in [-0.25, -0.2) is 9.78 Å². The van der Waals surface area contributed by atoms with Crippen molar-refractivity contribution in [2.45, 2.75) is 19.3 Å². The summed E-state index contributed by atoms with van der Waals surface area (Å²) in [6.07, 6.45) is 1.30. The normalized spacial score (nSPS) is 9.81. The molecular weight excluding hydrogens is 230 g/mol. The maximum Gasteiger partial charge on any atom is 0.320 e. The molecule has 0 aliphatic rings. The minimum absolute atomic E-state index is 0.135. The number of anilines is 1. The lowest BCUT2D eigenvalue weighted by atomic mass is 10.2. The zero-order valence-electron chi connectivity index (χ0n) is 8.82. The average Bonchev–Trinajstić information content (AvgIpc) is 2.65. The lowest BCUT2D eigenvalue weighted by Crippen LogP contribution is -2.24. The predicted octanol–water partition coefficient (Wildman–Crippen LogP) is 1.30.